The number of rotatable bonds is 7. The number of ether oxygens (including phenoxy) is 2. The van der Waals surface area contributed by atoms with E-state index < -0.39 is 0 Å². The molecule has 3 nitrogen and oxygen atoms in total. The summed E-state index contributed by atoms with van der Waals surface area (Å²) >= 11 is 0. The third kappa shape index (κ3) is 3.76. The zero-order chi connectivity index (χ0) is 15.1. The lowest BCUT2D eigenvalue weighted by Gasteiger charge is -2.22. The molecule has 0 aliphatic carbocycles. The van der Waals surface area contributed by atoms with E-state index in [4.69, 9.17) is 9.47 Å². The Bertz CT molecular complexity index is 569. The van der Waals surface area contributed by atoms with Crippen LogP contribution in [0.5, 0.6) is 5.75 Å². The largest absolute Gasteiger partial charge is 0.496 e. The first kappa shape index (κ1) is 15.4. The van der Waals surface area contributed by atoms with Crippen LogP contribution < -0.4 is 10.1 Å². The maximum absolute atomic E-state index is 5.48. The molecule has 1 atom stereocenters. The normalized spacial score (nSPS) is 12.0. The van der Waals surface area contributed by atoms with Gasteiger partial charge in [-0.2, -0.15) is 0 Å². The molecule has 2 rings (SSSR count). The van der Waals surface area contributed by atoms with E-state index in [2.05, 4.69) is 30.4 Å². The Hall–Kier alpha value is -2.00. The second-order valence-corrected chi connectivity index (χ2v) is 4.94. The number of hydrogen-bond acceptors (Lipinski definition) is 3. The van der Waals surface area contributed by atoms with Crippen molar-refractivity contribution in [2.24, 2.45) is 0 Å². The van der Waals surface area contributed by atoms with Crippen LogP contribution in [0.2, 0.25) is 0 Å². The minimum absolute atomic E-state index is 0.208. The Balaban J connectivity index is 2.27. The third-order valence-electron chi connectivity index (χ3n) is 3.57. The molecule has 0 radical (unpaired) electrons. The number of anilines is 1. The molecule has 0 fully saturated rings. The molecular formula is C18H23NO2. The minimum Gasteiger partial charge on any atom is -0.496 e. The fourth-order valence-electron chi connectivity index (χ4n) is 2.48. The van der Waals surface area contributed by atoms with Gasteiger partial charge >= 0.3 is 0 Å². The van der Waals surface area contributed by atoms with E-state index in [1.807, 2.05) is 30.3 Å². The van der Waals surface area contributed by atoms with E-state index in [-0.39, 0.29) is 6.04 Å². The van der Waals surface area contributed by atoms with Gasteiger partial charge < -0.3 is 14.8 Å². The summed E-state index contributed by atoms with van der Waals surface area (Å²) in [5.41, 5.74) is 3.44. The fraction of sp³-hybridized carbons (Fsp3) is 0.333. The highest BCUT2D eigenvalue weighted by Gasteiger charge is 2.15. The van der Waals surface area contributed by atoms with Crippen LogP contribution >= 0.6 is 0 Å². The molecule has 0 aromatic heterocycles. The van der Waals surface area contributed by atoms with Crippen LogP contribution in [-0.4, -0.2) is 14.2 Å². The second kappa shape index (κ2) is 7.70. The SMILES string of the molecule is CCC(Nc1ccccc1COC)c1ccccc1OC. The Kier molecular flexibility index (Phi) is 5.64. The molecule has 21 heavy (non-hydrogen) atoms. The summed E-state index contributed by atoms with van der Waals surface area (Å²) in [6, 6.07) is 16.6. The molecule has 0 aliphatic rings. The number of benzene rings is 2. The molecule has 0 saturated heterocycles. The summed E-state index contributed by atoms with van der Waals surface area (Å²) < 4.78 is 10.7. The van der Waals surface area contributed by atoms with Gasteiger partial charge in [0.15, 0.2) is 0 Å². The Labute approximate surface area is 126 Å². The Morgan fingerprint density at radius 2 is 1.71 bits per heavy atom. The van der Waals surface area contributed by atoms with E-state index in [1.165, 1.54) is 5.56 Å². The van der Waals surface area contributed by atoms with E-state index in [0.717, 1.165) is 23.4 Å². The van der Waals surface area contributed by atoms with Gasteiger partial charge in [-0.1, -0.05) is 43.3 Å². The Morgan fingerprint density at radius 3 is 2.43 bits per heavy atom. The molecule has 3 heteroatoms. The zero-order valence-electron chi connectivity index (χ0n) is 12.9. The monoisotopic (exact) mass is 285 g/mol. The highest BCUT2D eigenvalue weighted by atomic mass is 16.5. The molecule has 1 unspecified atom stereocenters. The molecule has 0 amide bonds. The highest BCUT2D eigenvalue weighted by Crippen LogP contribution is 2.31. The lowest BCUT2D eigenvalue weighted by molar-refractivity contribution is 0.185. The predicted octanol–water partition coefficient (Wildman–Crippen LogP) is 4.40. The van der Waals surface area contributed by atoms with Gasteiger partial charge in [0.25, 0.3) is 0 Å². The van der Waals surface area contributed by atoms with Gasteiger partial charge in [-0.15, -0.1) is 0 Å². The van der Waals surface area contributed by atoms with Gasteiger partial charge in [0.2, 0.25) is 0 Å². The van der Waals surface area contributed by atoms with Crippen LogP contribution in [-0.2, 0) is 11.3 Å². The van der Waals surface area contributed by atoms with Gasteiger partial charge in [0.1, 0.15) is 5.75 Å². The van der Waals surface area contributed by atoms with Crippen molar-refractivity contribution >= 4 is 5.69 Å². The maximum atomic E-state index is 5.48. The number of hydrogen-bond donors (Lipinski definition) is 1. The summed E-state index contributed by atoms with van der Waals surface area (Å²) in [5.74, 6) is 0.918. The van der Waals surface area contributed by atoms with Crippen molar-refractivity contribution in [2.75, 3.05) is 19.5 Å². The van der Waals surface area contributed by atoms with Crippen molar-refractivity contribution in [3.05, 3.63) is 59.7 Å². The van der Waals surface area contributed by atoms with Crippen LogP contribution in [0.4, 0.5) is 5.69 Å². The number of methoxy groups -OCH3 is 2. The average molecular weight is 285 g/mol. The topological polar surface area (TPSA) is 30.5 Å². The molecule has 0 saturated carbocycles. The third-order valence-corrected chi connectivity index (χ3v) is 3.57. The van der Waals surface area contributed by atoms with E-state index in [9.17, 15) is 0 Å². The molecule has 2 aromatic rings. The first-order valence-corrected chi connectivity index (χ1v) is 7.26. The lowest BCUT2D eigenvalue weighted by atomic mass is 10.0. The van der Waals surface area contributed by atoms with Crippen molar-refractivity contribution in [1.82, 2.24) is 0 Å². The van der Waals surface area contributed by atoms with E-state index in [1.54, 1.807) is 14.2 Å². The summed E-state index contributed by atoms with van der Waals surface area (Å²) in [7, 11) is 3.43. The second-order valence-electron chi connectivity index (χ2n) is 4.94. The van der Waals surface area contributed by atoms with Crippen LogP contribution in [0.3, 0.4) is 0 Å². The summed E-state index contributed by atoms with van der Waals surface area (Å²) in [5, 5.41) is 3.61. The molecule has 0 aliphatic heterocycles. The molecule has 2 aromatic carbocycles. The van der Waals surface area contributed by atoms with Crippen LogP contribution in [0.15, 0.2) is 48.5 Å². The van der Waals surface area contributed by atoms with Crippen molar-refractivity contribution in [3.8, 4) is 5.75 Å². The van der Waals surface area contributed by atoms with Crippen LogP contribution in [0.25, 0.3) is 0 Å². The summed E-state index contributed by atoms with van der Waals surface area (Å²) in [6.45, 7) is 2.77. The molecule has 0 spiro atoms. The summed E-state index contributed by atoms with van der Waals surface area (Å²) in [4.78, 5) is 0. The van der Waals surface area contributed by atoms with Crippen molar-refractivity contribution in [2.45, 2.75) is 26.0 Å². The minimum atomic E-state index is 0.208. The van der Waals surface area contributed by atoms with Crippen molar-refractivity contribution < 1.29 is 9.47 Å². The Morgan fingerprint density at radius 1 is 1.00 bits per heavy atom. The van der Waals surface area contributed by atoms with E-state index in [0.29, 0.717) is 6.61 Å². The maximum Gasteiger partial charge on any atom is 0.124 e. The molecule has 1 N–H and O–H groups in total. The van der Waals surface area contributed by atoms with Gasteiger partial charge in [-0.05, 0) is 18.6 Å². The molecule has 0 bridgehead atoms. The predicted molar refractivity (Wildman–Crippen MR) is 86.8 cm³/mol. The van der Waals surface area contributed by atoms with Crippen LogP contribution in [0, 0.1) is 0 Å². The lowest BCUT2D eigenvalue weighted by Crippen LogP contribution is -2.12. The number of nitrogens with one attached hydrogen (secondary N) is 1. The van der Waals surface area contributed by atoms with Gasteiger partial charge in [-0.25, -0.2) is 0 Å². The molecule has 112 valence electrons. The van der Waals surface area contributed by atoms with Crippen molar-refractivity contribution in [1.29, 1.82) is 0 Å². The quantitative estimate of drug-likeness (QED) is 0.817. The fourth-order valence-corrected chi connectivity index (χ4v) is 2.48. The number of para-hydroxylation sites is 2. The standard InChI is InChI=1S/C18H23NO2/c1-4-16(15-10-6-8-12-18(15)21-3)19-17-11-7-5-9-14(17)13-20-2/h5-12,16,19H,4,13H2,1-3H3. The first-order chi connectivity index (χ1) is 10.3. The zero-order valence-corrected chi connectivity index (χ0v) is 12.9. The summed E-state index contributed by atoms with van der Waals surface area (Å²) in [6.07, 6.45) is 0.974. The molecule has 0 heterocycles. The van der Waals surface area contributed by atoms with E-state index >= 15 is 0 Å². The smallest absolute Gasteiger partial charge is 0.124 e. The molecular weight excluding hydrogens is 262 g/mol. The van der Waals surface area contributed by atoms with Gasteiger partial charge in [0, 0.05) is 23.9 Å². The van der Waals surface area contributed by atoms with Crippen molar-refractivity contribution in [3.63, 3.8) is 0 Å². The van der Waals surface area contributed by atoms with Gasteiger partial charge in [0.05, 0.1) is 19.8 Å². The average Bonchev–Trinajstić information content (AvgIpc) is 2.54. The van der Waals surface area contributed by atoms with Crippen LogP contribution in [0.1, 0.15) is 30.5 Å². The highest BCUT2D eigenvalue weighted by molar-refractivity contribution is 5.53. The first-order valence-electron chi connectivity index (χ1n) is 7.26. The van der Waals surface area contributed by atoms with Gasteiger partial charge in [-0.3, -0.25) is 0 Å².